The molecule has 1 saturated carbocycles. The standard InChI is InChI=1S/C14H16N2O/c17-14(6-2-7-14)10-16-12-4-5-13-11(9-12)3-1-8-15-13/h1,3-5,8-9,16-17H,2,6-7,10H2. The van der Waals surface area contributed by atoms with E-state index in [-0.39, 0.29) is 0 Å². The molecule has 2 aromatic rings. The lowest BCUT2D eigenvalue weighted by molar-refractivity contribution is -0.0201. The Kier molecular flexibility index (Phi) is 2.48. The fourth-order valence-electron chi connectivity index (χ4n) is 2.21. The van der Waals surface area contributed by atoms with E-state index in [9.17, 15) is 5.11 Å². The van der Waals surface area contributed by atoms with Gasteiger partial charge in [0.15, 0.2) is 0 Å². The number of rotatable bonds is 3. The molecular formula is C14H16N2O. The Balaban J connectivity index is 1.76. The average Bonchev–Trinajstić information content (AvgIpc) is 2.34. The highest BCUT2D eigenvalue weighted by Crippen LogP contribution is 2.31. The zero-order valence-corrected chi connectivity index (χ0v) is 9.69. The third-order valence-electron chi connectivity index (χ3n) is 3.51. The van der Waals surface area contributed by atoms with Gasteiger partial charge in [-0.05, 0) is 43.5 Å². The van der Waals surface area contributed by atoms with E-state index in [4.69, 9.17) is 0 Å². The Morgan fingerprint density at radius 3 is 2.94 bits per heavy atom. The highest BCUT2D eigenvalue weighted by Gasteiger charge is 2.33. The number of pyridine rings is 1. The number of aromatic nitrogens is 1. The van der Waals surface area contributed by atoms with Gasteiger partial charge in [0.2, 0.25) is 0 Å². The smallest absolute Gasteiger partial charge is 0.0819 e. The minimum atomic E-state index is -0.482. The second kappa shape index (κ2) is 4.00. The third-order valence-corrected chi connectivity index (χ3v) is 3.51. The molecule has 0 unspecified atom stereocenters. The topological polar surface area (TPSA) is 45.1 Å². The molecule has 0 amide bonds. The van der Waals surface area contributed by atoms with Crippen LogP contribution in [0.4, 0.5) is 5.69 Å². The highest BCUT2D eigenvalue weighted by atomic mass is 16.3. The van der Waals surface area contributed by atoms with E-state index in [2.05, 4.69) is 16.4 Å². The summed E-state index contributed by atoms with van der Waals surface area (Å²) >= 11 is 0. The summed E-state index contributed by atoms with van der Waals surface area (Å²) in [7, 11) is 0. The second-order valence-electron chi connectivity index (χ2n) is 4.84. The zero-order chi connectivity index (χ0) is 11.7. The predicted molar refractivity (Wildman–Crippen MR) is 69.0 cm³/mol. The van der Waals surface area contributed by atoms with Crippen molar-refractivity contribution >= 4 is 16.6 Å². The summed E-state index contributed by atoms with van der Waals surface area (Å²) in [4.78, 5) is 4.28. The molecule has 0 bridgehead atoms. The van der Waals surface area contributed by atoms with Crippen LogP contribution in [0.15, 0.2) is 36.5 Å². The summed E-state index contributed by atoms with van der Waals surface area (Å²) in [6.07, 6.45) is 4.76. The largest absolute Gasteiger partial charge is 0.388 e. The molecule has 0 aliphatic heterocycles. The molecule has 0 spiro atoms. The highest BCUT2D eigenvalue weighted by molar-refractivity contribution is 5.82. The van der Waals surface area contributed by atoms with Gasteiger partial charge < -0.3 is 10.4 Å². The van der Waals surface area contributed by atoms with Crippen LogP contribution in [0.5, 0.6) is 0 Å². The molecule has 3 nitrogen and oxygen atoms in total. The van der Waals surface area contributed by atoms with Gasteiger partial charge in [-0.3, -0.25) is 4.98 Å². The van der Waals surface area contributed by atoms with Crippen molar-refractivity contribution in [2.75, 3.05) is 11.9 Å². The van der Waals surface area contributed by atoms with Crippen LogP contribution in [0, 0.1) is 0 Å². The third kappa shape index (κ3) is 2.11. The van der Waals surface area contributed by atoms with Gasteiger partial charge >= 0.3 is 0 Å². The number of nitrogens with one attached hydrogen (secondary N) is 1. The number of aliphatic hydroxyl groups is 1. The van der Waals surface area contributed by atoms with E-state index in [1.165, 1.54) is 0 Å². The summed E-state index contributed by atoms with van der Waals surface area (Å²) in [5.74, 6) is 0. The lowest BCUT2D eigenvalue weighted by atomic mass is 9.80. The molecule has 88 valence electrons. The van der Waals surface area contributed by atoms with E-state index in [1.807, 2.05) is 24.3 Å². The van der Waals surface area contributed by atoms with Crippen LogP contribution in [0.1, 0.15) is 19.3 Å². The number of anilines is 1. The summed E-state index contributed by atoms with van der Waals surface area (Å²) in [6.45, 7) is 0.638. The van der Waals surface area contributed by atoms with Crippen LogP contribution in [0.25, 0.3) is 10.9 Å². The maximum Gasteiger partial charge on any atom is 0.0819 e. The fourth-order valence-corrected chi connectivity index (χ4v) is 2.21. The number of benzene rings is 1. The van der Waals surface area contributed by atoms with Gasteiger partial charge in [-0.25, -0.2) is 0 Å². The van der Waals surface area contributed by atoms with Crippen molar-refractivity contribution in [1.82, 2.24) is 4.98 Å². The summed E-state index contributed by atoms with van der Waals surface area (Å²) in [6, 6.07) is 10.1. The molecule has 1 aliphatic rings. The summed E-state index contributed by atoms with van der Waals surface area (Å²) < 4.78 is 0. The van der Waals surface area contributed by atoms with Gasteiger partial charge in [-0.2, -0.15) is 0 Å². The first-order valence-corrected chi connectivity index (χ1v) is 6.06. The summed E-state index contributed by atoms with van der Waals surface area (Å²) in [5.41, 5.74) is 1.57. The lowest BCUT2D eigenvalue weighted by Gasteiger charge is -2.36. The maximum absolute atomic E-state index is 10.0. The number of nitrogens with zero attached hydrogens (tertiary/aromatic N) is 1. The van der Waals surface area contributed by atoms with Gasteiger partial charge in [0, 0.05) is 23.8 Å². The van der Waals surface area contributed by atoms with Crippen molar-refractivity contribution in [1.29, 1.82) is 0 Å². The lowest BCUT2D eigenvalue weighted by Crippen LogP contribution is -2.43. The Labute approximate surface area is 100 Å². The Bertz CT molecular complexity index is 534. The van der Waals surface area contributed by atoms with Crippen molar-refractivity contribution in [3.05, 3.63) is 36.5 Å². The normalized spacial score (nSPS) is 17.7. The molecule has 1 aromatic carbocycles. The average molecular weight is 228 g/mol. The van der Waals surface area contributed by atoms with Crippen LogP contribution in [-0.2, 0) is 0 Å². The Hall–Kier alpha value is -1.61. The van der Waals surface area contributed by atoms with Gasteiger partial charge in [0.1, 0.15) is 0 Å². The quantitative estimate of drug-likeness (QED) is 0.848. The van der Waals surface area contributed by atoms with Crippen LogP contribution < -0.4 is 5.32 Å². The van der Waals surface area contributed by atoms with E-state index < -0.39 is 5.60 Å². The molecule has 3 rings (SSSR count). The first-order chi connectivity index (χ1) is 8.25. The van der Waals surface area contributed by atoms with E-state index in [0.717, 1.165) is 35.9 Å². The van der Waals surface area contributed by atoms with Crippen molar-refractivity contribution in [3.63, 3.8) is 0 Å². The zero-order valence-electron chi connectivity index (χ0n) is 9.69. The van der Waals surface area contributed by atoms with E-state index in [0.29, 0.717) is 6.54 Å². The summed E-state index contributed by atoms with van der Waals surface area (Å²) in [5, 5.41) is 14.4. The molecule has 1 aromatic heterocycles. The van der Waals surface area contributed by atoms with Gasteiger partial charge in [0.05, 0.1) is 11.1 Å². The van der Waals surface area contributed by atoms with Crippen molar-refractivity contribution < 1.29 is 5.11 Å². The molecule has 1 heterocycles. The number of fused-ring (bicyclic) bond motifs is 1. The maximum atomic E-state index is 10.0. The molecular weight excluding hydrogens is 212 g/mol. The molecule has 2 N–H and O–H groups in total. The van der Waals surface area contributed by atoms with Gasteiger partial charge in [0.25, 0.3) is 0 Å². The first kappa shape index (κ1) is 10.5. The Morgan fingerprint density at radius 1 is 1.29 bits per heavy atom. The van der Waals surface area contributed by atoms with Crippen molar-refractivity contribution in [2.24, 2.45) is 0 Å². The van der Waals surface area contributed by atoms with E-state index in [1.54, 1.807) is 6.20 Å². The van der Waals surface area contributed by atoms with Crippen LogP contribution in [0.2, 0.25) is 0 Å². The first-order valence-electron chi connectivity index (χ1n) is 6.06. The number of hydrogen-bond acceptors (Lipinski definition) is 3. The molecule has 17 heavy (non-hydrogen) atoms. The number of hydrogen-bond donors (Lipinski definition) is 2. The van der Waals surface area contributed by atoms with E-state index >= 15 is 0 Å². The molecule has 0 radical (unpaired) electrons. The minimum Gasteiger partial charge on any atom is -0.388 e. The van der Waals surface area contributed by atoms with Crippen LogP contribution in [-0.4, -0.2) is 22.2 Å². The van der Waals surface area contributed by atoms with Crippen molar-refractivity contribution in [2.45, 2.75) is 24.9 Å². The molecule has 3 heteroatoms. The minimum absolute atomic E-state index is 0.482. The predicted octanol–water partition coefficient (Wildman–Crippen LogP) is 2.56. The SMILES string of the molecule is OC1(CNc2ccc3ncccc3c2)CCC1. The van der Waals surface area contributed by atoms with Gasteiger partial charge in [-0.15, -0.1) is 0 Å². The molecule has 0 atom stereocenters. The van der Waals surface area contributed by atoms with Crippen LogP contribution >= 0.6 is 0 Å². The molecule has 1 aliphatic carbocycles. The molecule has 0 saturated heterocycles. The van der Waals surface area contributed by atoms with Crippen LogP contribution in [0.3, 0.4) is 0 Å². The monoisotopic (exact) mass is 228 g/mol. The second-order valence-corrected chi connectivity index (χ2v) is 4.84. The van der Waals surface area contributed by atoms with Crippen molar-refractivity contribution in [3.8, 4) is 0 Å². The van der Waals surface area contributed by atoms with Gasteiger partial charge in [-0.1, -0.05) is 6.07 Å². The Morgan fingerprint density at radius 2 is 2.18 bits per heavy atom. The molecule has 1 fully saturated rings. The fraction of sp³-hybridized carbons (Fsp3) is 0.357.